The lowest BCUT2D eigenvalue weighted by molar-refractivity contribution is -0.123. The van der Waals surface area contributed by atoms with Crippen LogP contribution in [0.5, 0.6) is 5.75 Å². The van der Waals surface area contributed by atoms with Gasteiger partial charge in [-0.05, 0) is 72.5 Å². The van der Waals surface area contributed by atoms with Crippen LogP contribution in [0, 0.1) is 0 Å². The number of carbonyl (C=O) groups is 2. The van der Waals surface area contributed by atoms with Crippen molar-refractivity contribution in [1.82, 2.24) is 36.2 Å². The van der Waals surface area contributed by atoms with Gasteiger partial charge in [0.1, 0.15) is 17.6 Å². The van der Waals surface area contributed by atoms with Gasteiger partial charge in [0.05, 0.1) is 25.4 Å². The van der Waals surface area contributed by atoms with Gasteiger partial charge in [0.2, 0.25) is 5.91 Å². The number of imidazole rings is 1. The van der Waals surface area contributed by atoms with E-state index in [4.69, 9.17) is 4.74 Å². The molecule has 0 spiro atoms. The van der Waals surface area contributed by atoms with Gasteiger partial charge in [-0.3, -0.25) is 14.6 Å². The van der Waals surface area contributed by atoms with Gasteiger partial charge >= 0.3 is 0 Å². The maximum atomic E-state index is 13.7. The number of nitrogens with one attached hydrogen (secondary N) is 5. The lowest BCUT2D eigenvalue weighted by Gasteiger charge is -2.23. The summed E-state index contributed by atoms with van der Waals surface area (Å²) in [6.07, 6.45) is 6.37. The Balaban J connectivity index is 1.21. The number of methoxy groups -OCH3 is 1. The highest BCUT2D eigenvalue weighted by Crippen LogP contribution is 2.24. The Morgan fingerprint density at radius 1 is 0.848 bits per heavy atom. The zero-order chi connectivity index (χ0) is 32.1. The van der Waals surface area contributed by atoms with Crippen LogP contribution in [-0.2, 0) is 24.4 Å². The Morgan fingerprint density at radius 3 is 2.48 bits per heavy atom. The number of nitrogens with zero attached hydrogens (tertiary/aromatic N) is 2. The highest BCUT2D eigenvalue weighted by Gasteiger charge is 2.23. The summed E-state index contributed by atoms with van der Waals surface area (Å²) in [6, 6.07) is 24.4. The first-order valence-electron chi connectivity index (χ1n) is 15.6. The van der Waals surface area contributed by atoms with Crippen molar-refractivity contribution in [2.24, 2.45) is 0 Å². The minimum atomic E-state index is -0.717. The van der Waals surface area contributed by atoms with Crippen molar-refractivity contribution in [1.29, 1.82) is 0 Å². The second-order valence-corrected chi connectivity index (χ2v) is 11.1. The van der Waals surface area contributed by atoms with Crippen LogP contribution in [0.15, 0.2) is 97.5 Å². The predicted molar refractivity (Wildman–Crippen MR) is 179 cm³/mol. The van der Waals surface area contributed by atoms with Gasteiger partial charge in [0, 0.05) is 37.2 Å². The first kappa shape index (κ1) is 32.3. The Labute approximate surface area is 269 Å². The number of aromatic amines is 1. The van der Waals surface area contributed by atoms with E-state index < -0.39 is 6.04 Å². The minimum Gasteiger partial charge on any atom is -0.495 e. The minimum absolute atomic E-state index is 0.223. The van der Waals surface area contributed by atoms with Crippen molar-refractivity contribution in [2.75, 3.05) is 13.7 Å². The largest absolute Gasteiger partial charge is 0.495 e. The van der Waals surface area contributed by atoms with E-state index in [0.717, 1.165) is 39.2 Å². The molecule has 2 aromatic heterocycles. The summed E-state index contributed by atoms with van der Waals surface area (Å²) < 4.78 is 5.39. The monoisotopic (exact) mass is 619 g/mol. The number of fused-ring (bicyclic) bond motifs is 1. The number of aromatic nitrogens is 3. The molecule has 10 nitrogen and oxygen atoms in total. The van der Waals surface area contributed by atoms with Crippen molar-refractivity contribution in [2.45, 2.75) is 51.5 Å². The highest BCUT2D eigenvalue weighted by molar-refractivity contribution is 5.97. The van der Waals surface area contributed by atoms with Crippen molar-refractivity contribution < 1.29 is 14.3 Å². The van der Waals surface area contributed by atoms with Crippen molar-refractivity contribution in [3.05, 3.63) is 126 Å². The maximum absolute atomic E-state index is 13.7. The molecule has 3 aromatic carbocycles. The Hall–Kier alpha value is -5.06. The van der Waals surface area contributed by atoms with Crippen LogP contribution in [-0.4, -0.2) is 46.5 Å². The summed E-state index contributed by atoms with van der Waals surface area (Å²) in [5.41, 5.74) is 3.38. The molecule has 0 radical (unpaired) electrons. The molecular weight excluding hydrogens is 578 g/mol. The van der Waals surface area contributed by atoms with Gasteiger partial charge in [-0.2, -0.15) is 0 Å². The summed E-state index contributed by atoms with van der Waals surface area (Å²) >= 11 is 0. The van der Waals surface area contributed by atoms with Crippen LogP contribution < -0.4 is 26.0 Å². The fourth-order valence-electron chi connectivity index (χ4n) is 5.40. The molecule has 2 amide bonds. The molecule has 0 aliphatic heterocycles. The molecule has 5 N–H and O–H groups in total. The standard InChI is InChI=1S/C36H41N7O3/c1-25(29-11-5-9-27-8-3-4-10-30(27)29)42-36(45)31(12-6-18-37-23-32-33(46-2)13-7-19-39-32)43-35(44)28-16-14-26(15-17-28)22-38-24-34-40-20-21-41-34/h3-5,7-11,13-17,19-21,25,31,37-38H,6,12,18,22-24H2,1-2H3,(H,40,41)(H,42,45)(H,43,44)/t25?,31-/m0/s1. The molecule has 0 bridgehead atoms. The Kier molecular flexibility index (Phi) is 11.5. The highest BCUT2D eigenvalue weighted by atomic mass is 16.5. The van der Waals surface area contributed by atoms with E-state index in [-0.39, 0.29) is 17.9 Å². The topological polar surface area (TPSA) is 133 Å². The zero-order valence-corrected chi connectivity index (χ0v) is 26.3. The average Bonchev–Trinajstić information content (AvgIpc) is 3.61. The number of H-pyrrole nitrogens is 1. The van der Waals surface area contributed by atoms with Crippen molar-refractivity contribution in [3.8, 4) is 5.75 Å². The summed E-state index contributed by atoms with van der Waals surface area (Å²) in [5.74, 6) is 1.07. The number of amides is 2. The number of hydrogen-bond acceptors (Lipinski definition) is 7. The van der Waals surface area contributed by atoms with E-state index in [1.54, 1.807) is 37.8 Å². The van der Waals surface area contributed by atoms with Crippen LogP contribution in [0.4, 0.5) is 0 Å². The Morgan fingerprint density at radius 2 is 1.67 bits per heavy atom. The molecule has 0 aliphatic carbocycles. The maximum Gasteiger partial charge on any atom is 0.251 e. The van der Waals surface area contributed by atoms with Gasteiger partial charge in [-0.15, -0.1) is 0 Å². The first-order valence-corrected chi connectivity index (χ1v) is 15.6. The third kappa shape index (κ3) is 8.77. The quantitative estimate of drug-likeness (QED) is 0.100. The summed E-state index contributed by atoms with van der Waals surface area (Å²) in [7, 11) is 1.62. The number of pyridine rings is 1. The first-order chi connectivity index (χ1) is 22.5. The second-order valence-electron chi connectivity index (χ2n) is 11.1. The Bertz CT molecular complexity index is 1700. The molecule has 10 heteroatoms. The van der Waals surface area contributed by atoms with E-state index >= 15 is 0 Å². The fourth-order valence-corrected chi connectivity index (χ4v) is 5.40. The lowest BCUT2D eigenvalue weighted by atomic mass is 9.99. The molecule has 46 heavy (non-hydrogen) atoms. The van der Waals surface area contributed by atoms with Gasteiger partial charge in [-0.25, -0.2) is 4.98 Å². The molecule has 0 fully saturated rings. The third-order valence-electron chi connectivity index (χ3n) is 7.87. The number of carbonyl (C=O) groups excluding carboxylic acids is 2. The van der Waals surface area contributed by atoms with Gasteiger partial charge < -0.3 is 31.0 Å². The summed E-state index contributed by atoms with van der Waals surface area (Å²) in [6.45, 7) is 4.40. The zero-order valence-electron chi connectivity index (χ0n) is 26.3. The third-order valence-corrected chi connectivity index (χ3v) is 7.87. The predicted octanol–water partition coefficient (Wildman–Crippen LogP) is 4.80. The second kappa shape index (κ2) is 16.3. The molecule has 2 atom stereocenters. The normalized spacial score (nSPS) is 12.4. The number of rotatable bonds is 16. The summed E-state index contributed by atoms with van der Waals surface area (Å²) in [5, 5.41) is 15.1. The van der Waals surface area contributed by atoms with Crippen molar-refractivity contribution >= 4 is 22.6 Å². The van der Waals surface area contributed by atoms with Crippen LogP contribution in [0.3, 0.4) is 0 Å². The molecule has 5 aromatic rings. The van der Waals surface area contributed by atoms with Crippen LogP contribution in [0.1, 0.15) is 58.8 Å². The molecule has 0 saturated heterocycles. The van der Waals surface area contributed by atoms with Gasteiger partial charge in [-0.1, -0.05) is 54.6 Å². The molecule has 0 aliphatic rings. The lowest BCUT2D eigenvalue weighted by Crippen LogP contribution is -2.47. The number of ether oxygens (including phenoxy) is 1. The van der Waals surface area contributed by atoms with E-state index in [1.165, 1.54) is 0 Å². The molecule has 0 saturated carbocycles. The molecule has 5 rings (SSSR count). The SMILES string of the molecule is COc1cccnc1CNCCC[C@H](NC(=O)c1ccc(CNCc2ncc[nH]2)cc1)C(=O)NC(C)c1cccc2ccccc12. The summed E-state index contributed by atoms with van der Waals surface area (Å²) in [4.78, 5) is 38.7. The van der Waals surface area contributed by atoms with E-state index in [9.17, 15) is 9.59 Å². The van der Waals surface area contributed by atoms with Crippen molar-refractivity contribution in [3.63, 3.8) is 0 Å². The van der Waals surface area contributed by atoms with Crippen LogP contribution in [0.25, 0.3) is 10.8 Å². The molecule has 1 unspecified atom stereocenters. The van der Waals surface area contributed by atoms with E-state index in [0.29, 0.717) is 44.6 Å². The average molecular weight is 620 g/mol. The molecule has 2 heterocycles. The molecular formula is C36H41N7O3. The number of hydrogen-bond donors (Lipinski definition) is 5. The smallest absolute Gasteiger partial charge is 0.251 e. The molecule has 238 valence electrons. The van der Waals surface area contributed by atoms with Gasteiger partial charge in [0.15, 0.2) is 0 Å². The number of benzene rings is 3. The van der Waals surface area contributed by atoms with E-state index in [2.05, 4.69) is 54.4 Å². The fraction of sp³-hybridized carbons (Fsp3) is 0.278. The van der Waals surface area contributed by atoms with Crippen LogP contribution in [0.2, 0.25) is 0 Å². The van der Waals surface area contributed by atoms with Crippen LogP contribution >= 0.6 is 0 Å². The van der Waals surface area contributed by atoms with E-state index in [1.807, 2.05) is 55.5 Å². The van der Waals surface area contributed by atoms with Gasteiger partial charge in [0.25, 0.3) is 5.91 Å².